The van der Waals surface area contributed by atoms with Crippen molar-refractivity contribution in [2.45, 2.75) is 84.5 Å². The van der Waals surface area contributed by atoms with Crippen LogP contribution in [0.25, 0.3) is 0 Å². The van der Waals surface area contributed by atoms with Crippen molar-refractivity contribution in [1.82, 2.24) is 15.5 Å². The summed E-state index contributed by atoms with van der Waals surface area (Å²) in [5, 5.41) is 15.1. The van der Waals surface area contributed by atoms with Crippen LogP contribution >= 0.6 is 0 Å². The molecule has 0 unspecified atom stereocenters. The number of carbonyl (C=O) groups excluding carboxylic acids is 2. The molecule has 2 amide bonds. The average Bonchev–Trinajstić information content (AvgIpc) is 2.76. The zero-order valence-corrected chi connectivity index (χ0v) is 20.0. The van der Waals surface area contributed by atoms with E-state index in [0.29, 0.717) is 32.4 Å². The van der Waals surface area contributed by atoms with E-state index in [1.807, 2.05) is 13.8 Å². The Labute approximate surface area is 190 Å². The molecule has 0 heterocycles. The molecule has 0 aliphatic rings. The molecule has 0 aromatic carbocycles. The van der Waals surface area contributed by atoms with Gasteiger partial charge in [-0.1, -0.05) is 37.1 Å². The first-order chi connectivity index (χ1) is 15.1. The Bertz CT molecular complexity index is 452. The number of aliphatic hydroxyl groups excluding tert-OH is 1. The van der Waals surface area contributed by atoms with Crippen molar-refractivity contribution in [3.8, 4) is 0 Å². The third-order valence-electron chi connectivity index (χ3n) is 5.15. The summed E-state index contributed by atoms with van der Waals surface area (Å²) in [6.07, 6.45) is 18.8. The first-order valence-corrected chi connectivity index (χ1v) is 12.2. The highest BCUT2D eigenvalue weighted by Gasteiger charge is 2.07. The number of unbranched alkanes of at least 4 members (excludes halogenated alkanes) is 6. The van der Waals surface area contributed by atoms with Crippen molar-refractivity contribution >= 4 is 11.8 Å². The Hall–Kier alpha value is -1.66. The lowest BCUT2D eigenvalue weighted by molar-refractivity contribution is -0.121. The monoisotopic (exact) mass is 437 g/mol. The van der Waals surface area contributed by atoms with E-state index in [1.54, 1.807) is 0 Å². The van der Waals surface area contributed by atoms with Gasteiger partial charge in [0, 0.05) is 52.2 Å². The lowest BCUT2D eigenvalue weighted by Gasteiger charge is -2.22. The molecule has 180 valence electrons. The van der Waals surface area contributed by atoms with Crippen LogP contribution in [0.1, 0.15) is 84.5 Å². The molecule has 0 aliphatic heterocycles. The molecule has 6 heteroatoms. The fourth-order valence-corrected chi connectivity index (χ4v) is 3.30. The van der Waals surface area contributed by atoms with Crippen LogP contribution in [0.4, 0.5) is 0 Å². The van der Waals surface area contributed by atoms with Gasteiger partial charge in [-0.05, 0) is 58.8 Å². The highest BCUT2D eigenvalue weighted by molar-refractivity contribution is 5.76. The molecule has 0 spiro atoms. The van der Waals surface area contributed by atoms with E-state index in [-0.39, 0.29) is 18.4 Å². The molecule has 0 atom stereocenters. The second-order valence-corrected chi connectivity index (χ2v) is 7.96. The molecule has 0 aliphatic carbocycles. The standard InChI is InChI=1S/C25H47N3O3/c1-3-5-7-9-11-13-16-24(30)26-18-21-28(20-15-23-29)22-19-27-25(31)17-14-12-10-8-6-4-2/h3-6,29H,7-23H2,1-2H3,(H,26,30)(H,27,31)/b5-3+,6-4+. The summed E-state index contributed by atoms with van der Waals surface area (Å²) in [5.74, 6) is 0.215. The Morgan fingerprint density at radius 3 is 1.61 bits per heavy atom. The summed E-state index contributed by atoms with van der Waals surface area (Å²) in [6, 6.07) is 0. The summed E-state index contributed by atoms with van der Waals surface area (Å²) in [7, 11) is 0. The molecule has 0 saturated heterocycles. The summed E-state index contributed by atoms with van der Waals surface area (Å²) >= 11 is 0. The molecule has 0 bridgehead atoms. The number of nitrogens with one attached hydrogen (secondary N) is 2. The lowest BCUT2D eigenvalue weighted by atomic mass is 10.1. The van der Waals surface area contributed by atoms with Gasteiger partial charge in [-0.3, -0.25) is 14.5 Å². The SMILES string of the molecule is C/C=C/CCCCCC(=O)NCCN(CCCO)CCNC(=O)CCCCC/C=C/C. The zero-order valence-electron chi connectivity index (χ0n) is 20.0. The molecule has 3 N–H and O–H groups in total. The Morgan fingerprint density at radius 1 is 0.710 bits per heavy atom. The van der Waals surface area contributed by atoms with E-state index in [9.17, 15) is 9.59 Å². The van der Waals surface area contributed by atoms with E-state index in [1.165, 1.54) is 0 Å². The minimum atomic E-state index is 0.107. The largest absolute Gasteiger partial charge is 0.396 e. The van der Waals surface area contributed by atoms with E-state index >= 15 is 0 Å². The van der Waals surface area contributed by atoms with Crippen LogP contribution in [0.2, 0.25) is 0 Å². The highest BCUT2D eigenvalue weighted by Crippen LogP contribution is 2.04. The molecular weight excluding hydrogens is 390 g/mol. The normalized spacial score (nSPS) is 11.6. The van der Waals surface area contributed by atoms with Gasteiger partial charge in [0.05, 0.1) is 0 Å². The van der Waals surface area contributed by atoms with Crippen LogP contribution in [0.5, 0.6) is 0 Å². The van der Waals surface area contributed by atoms with Gasteiger partial charge in [0.2, 0.25) is 11.8 Å². The Morgan fingerprint density at radius 2 is 1.19 bits per heavy atom. The topological polar surface area (TPSA) is 81.7 Å². The van der Waals surface area contributed by atoms with Gasteiger partial charge in [-0.25, -0.2) is 0 Å². The molecule has 0 saturated carbocycles. The lowest BCUT2D eigenvalue weighted by Crippen LogP contribution is -2.40. The van der Waals surface area contributed by atoms with Crippen molar-refractivity contribution in [2.75, 3.05) is 39.3 Å². The van der Waals surface area contributed by atoms with Gasteiger partial charge in [0.1, 0.15) is 0 Å². The summed E-state index contributed by atoms with van der Waals surface area (Å²) < 4.78 is 0. The number of aliphatic hydroxyl groups is 1. The van der Waals surface area contributed by atoms with Crippen LogP contribution in [0.15, 0.2) is 24.3 Å². The van der Waals surface area contributed by atoms with Crippen molar-refractivity contribution in [3.63, 3.8) is 0 Å². The number of hydrogen-bond acceptors (Lipinski definition) is 4. The first-order valence-electron chi connectivity index (χ1n) is 12.2. The Kier molecular flexibility index (Phi) is 21.8. The molecule has 31 heavy (non-hydrogen) atoms. The van der Waals surface area contributed by atoms with E-state index in [4.69, 9.17) is 5.11 Å². The molecule has 6 nitrogen and oxygen atoms in total. The average molecular weight is 438 g/mol. The van der Waals surface area contributed by atoms with E-state index in [0.717, 1.165) is 71.0 Å². The van der Waals surface area contributed by atoms with Gasteiger partial charge in [0.25, 0.3) is 0 Å². The van der Waals surface area contributed by atoms with Crippen LogP contribution < -0.4 is 10.6 Å². The molecule has 0 radical (unpaired) electrons. The minimum Gasteiger partial charge on any atom is -0.396 e. The maximum atomic E-state index is 12.0. The number of allylic oxidation sites excluding steroid dienone is 4. The van der Waals surface area contributed by atoms with Crippen LogP contribution in [-0.2, 0) is 9.59 Å². The number of rotatable bonds is 21. The third kappa shape index (κ3) is 21.4. The molecule has 0 fully saturated rings. The van der Waals surface area contributed by atoms with Crippen molar-refractivity contribution in [1.29, 1.82) is 0 Å². The molecule has 0 aromatic rings. The first kappa shape index (κ1) is 29.3. The van der Waals surface area contributed by atoms with E-state index < -0.39 is 0 Å². The van der Waals surface area contributed by atoms with Gasteiger partial charge in [-0.15, -0.1) is 0 Å². The predicted octanol–water partition coefficient (Wildman–Crippen LogP) is 3.96. The summed E-state index contributed by atoms with van der Waals surface area (Å²) in [5.41, 5.74) is 0. The van der Waals surface area contributed by atoms with Gasteiger partial charge in [0.15, 0.2) is 0 Å². The number of hydrogen-bond donors (Lipinski definition) is 3. The van der Waals surface area contributed by atoms with E-state index in [2.05, 4.69) is 39.8 Å². The Balaban J connectivity index is 3.89. The highest BCUT2D eigenvalue weighted by atomic mass is 16.3. The zero-order chi connectivity index (χ0) is 23.0. The van der Waals surface area contributed by atoms with Gasteiger partial charge in [-0.2, -0.15) is 0 Å². The smallest absolute Gasteiger partial charge is 0.220 e. The minimum absolute atomic E-state index is 0.107. The predicted molar refractivity (Wildman–Crippen MR) is 130 cm³/mol. The molecule has 0 rings (SSSR count). The number of amides is 2. The summed E-state index contributed by atoms with van der Waals surface area (Å²) in [6.45, 7) is 7.63. The molecule has 0 aromatic heterocycles. The van der Waals surface area contributed by atoms with Gasteiger partial charge < -0.3 is 15.7 Å². The van der Waals surface area contributed by atoms with Crippen LogP contribution in [0, 0.1) is 0 Å². The maximum Gasteiger partial charge on any atom is 0.220 e. The van der Waals surface area contributed by atoms with Crippen LogP contribution in [0.3, 0.4) is 0 Å². The van der Waals surface area contributed by atoms with Crippen molar-refractivity contribution in [3.05, 3.63) is 24.3 Å². The second-order valence-electron chi connectivity index (χ2n) is 7.96. The van der Waals surface area contributed by atoms with Gasteiger partial charge >= 0.3 is 0 Å². The third-order valence-corrected chi connectivity index (χ3v) is 5.15. The van der Waals surface area contributed by atoms with Crippen molar-refractivity contribution in [2.24, 2.45) is 0 Å². The fraction of sp³-hybridized carbons (Fsp3) is 0.760. The number of nitrogens with zero attached hydrogens (tertiary/aromatic N) is 1. The van der Waals surface area contributed by atoms with Crippen LogP contribution in [-0.4, -0.2) is 61.2 Å². The maximum absolute atomic E-state index is 12.0. The quantitative estimate of drug-likeness (QED) is 0.188. The summed E-state index contributed by atoms with van der Waals surface area (Å²) in [4.78, 5) is 26.1. The second kappa shape index (κ2) is 23.0. The van der Waals surface area contributed by atoms with Crippen molar-refractivity contribution < 1.29 is 14.7 Å². The number of carbonyl (C=O) groups is 2. The molecular formula is C25H47N3O3. The fourth-order valence-electron chi connectivity index (χ4n) is 3.30.